The number of nitrogen functional groups attached to an aromatic ring is 1. The monoisotopic (exact) mass is 353 g/mol. The molecular formula is C15H20BrN3O2. The average Bonchev–Trinajstić information content (AvgIpc) is 2.98. The minimum atomic E-state index is -0.489. The summed E-state index contributed by atoms with van der Waals surface area (Å²) in [4.78, 5) is 4.51. The van der Waals surface area contributed by atoms with Crippen LogP contribution in [-0.2, 0) is 10.3 Å². The van der Waals surface area contributed by atoms with E-state index in [0.717, 1.165) is 22.9 Å². The molecule has 0 unspecified atom stereocenters. The van der Waals surface area contributed by atoms with Gasteiger partial charge in [0.2, 0.25) is 5.82 Å². The van der Waals surface area contributed by atoms with Crippen LogP contribution in [0.25, 0.3) is 11.5 Å². The van der Waals surface area contributed by atoms with E-state index in [-0.39, 0.29) is 0 Å². The molecule has 5 nitrogen and oxygen atoms in total. The molecule has 0 aliphatic heterocycles. The maximum absolute atomic E-state index is 5.89. The van der Waals surface area contributed by atoms with Crippen LogP contribution in [-0.4, -0.2) is 16.7 Å². The summed E-state index contributed by atoms with van der Waals surface area (Å²) in [7, 11) is 0. The Morgan fingerprint density at radius 1 is 1.29 bits per heavy atom. The van der Waals surface area contributed by atoms with E-state index < -0.39 is 5.60 Å². The topological polar surface area (TPSA) is 74.2 Å². The lowest BCUT2D eigenvalue weighted by Crippen LogP contribution is -2.29. The molecule has 0 aliphatic rings. The second-order valence-electron chi connectivity index (χ2n) is 4.79. The molecule has 0 saturated heterocycles. The van der Waals surface area contributed by atoms with Gasteiger partial charge in [0.1, 0.15) is 5.60 Å². The summed E-state index contributed by atoms with van der Waals surface area (Å²) in [6.07, 6.45) is 1.58. The van der Waals surface area contributed by atoms with Crippen LogP contribution in [0.5, 0.6) is 0 Å². The van der Waals surface area contributed by atoms with Crippen molar-refractivity contribution in [3.05, 3.63) is 28.5 Å². The Labute approximate surface area is 133 Å². The number of hydrogen-bond donors (Lipinski definition) is 1. The van der Waals surface area contributed by atoms with Gasteiger partial charge in [0.15, 0.2) is 0 Å². The van der Waals surface area contributed by atoms with Crippen LogP contribution in [0.15, 0.2) is 27.2 Å². The number of aromatic nitrogens is 2. The van der Waals surface area contributed by atoms with Gasteiger partial charge < -0.3 is 15.0 Å². The average molecular weight is 354 g/mol. The van der Waals surface area contributed by atoms with E-state index in [9.17, 15) is 0 Å². The first-order chi connectivity index (χ1) is 10.1. The predicted octanol–water partition coefficient (Wildman–Crippen LogP) is 4.13. The first-order valence-corrected chi connectivity index (χ1v) is 7.89. The summed E-state index contributed by atoms with van der Waals surface area (Å²) in [6, 6.07) is 5.56. The zero-order valence-electron chi connectivity index (χ0n) is 12.5. The van der Waals surface area contributed by atoms with Crippen LogP contribution < -0.4 is 5.73 Å². The van der Waals surface area contributed by atoms with Crippen molar-refractivity contribution in [2.24, 2.45) is 0 Å². The van der Waals surface area contributed by atoms with Gasteiger partial charge in [0.05, 0.1) is 0 Å². The van der Waals surface area contributed by atoms with Gasteiger partial charge in [0.25, 0.3) is 5.89 Å². The number of rotatable bonds is 6. The molecule has 0 amide bonds. The molecule has 1 heterocycles. The molecule has 0 bridgehead atoms. The zero-order valence-corrected chi connectivity index (χ0v) is 14.1. The van der Waals surface area contributed by atoms with Gasteiger partial charge in [-0.25, -0.2) is 0 Å². The van der Waals surface area contributed by atoms with Gasteiger partial charge in [-0.1, -0.05) is 19.0 Å². The molecule has 2 N–H and O–H groups in total. The fourth-order valence-corrected chi connectivity index (χ4v) is 2.56. The van der Waals surface area contributed by atoms with E-state index in [1.165, 1.54) is 0 Å². The van der Waals surface area contributed by atoms with Crippen molar-refractivity contribution in [2.75, 3.05) is 12.3 Å². The van der Waals surface area contributed by atoms with Crippen LogP contribution >= 0.6 is 15.9 Å². The summed E-state index contributed by atoms with van der Waals surface area (Å²) in [5, 5.41) is 4.11. The van der Waals surface area contributed by atoms with Gasteiger partial charge in [-0.15, -0.1) is 0 Å². The smallest absolute Gasteiger partial charge is 0.258 e. The fourth-order valence-electron chi connectivity index (χ4n) is 2.31. The minimum Gasteiger partial charge on any atom is -0.398 e. The van der Waals surface area contributed by atoms with Crippen molar-refractivity contribution in [1.82, 2.24) is 10.1 Å². The minimum absolute atomic E-state index is 0.454. The summed E-state index contributed by atoms with van der Waals surface area (Å²) in [5.74, 6) is 1.04. The third-order valence-corrected chi connectivity index (χ3v) is 4.36. The zero-order chi connectivity index (χ0) is 15.5. The van der Waals surface area contributed by atoms with Crippen LogP contribution in [0, 0.1) is 0 Å². The van der Waals surface area contributed by atoms with Crippen molar-refractivity contribution >= 4 is 21.6 Å². The van der Waals surface area contributed by atoms with Gasteiger partial charge in [0, 0.05) is 22.3 Å². The van der Waals surface area contributed by atoms with Crippen molar-refractivity contribution in [3.63, 3.8) is 0 Å². The van der Waals surface area contributed by atoms with Crippen molar-refractivity contribution < 1.29 is 9.26 Å². The Hall–Kier alpha value is -1.40. The highest BCUT2D eigenvalue weighted by Gasteiger charge is 2.34. The molecule has 0 radical (unpaired) electrons. The predicted molar refractivity (Wildman–Crippen MR) is 85.7 cm³/mol. The lowest BCUT2D eigenvalue weighted by molar-refractivity contribution is -0.0583. The molecule has 0 saturated carbocycles. The maximum Gasteiger partial charge on any atom is 0.258 e. The molecule has 1 aromatic carbocycles. The quantitative estimate of drug-likeness (QED) is 0.790. The van der Waals surface area contributed by atoms with Crippen LogP contribution in [0.4, 0.5) is 5.69 Å². The largest absolute Gasteiger partial charge is 0.398 e. The molecule has 0 fully saturated rings. The molecule has 2 aromatic rings. The van der Waals surface area contributed by atoms with Gasteiger partial charge in [-0.2, -0.15) is 4.98 Å². The summed E-state index contributed by atoms with van der Waals surface area (Å²) in [5.41, 5.74) is 6.83. The summed E-state index contributed by atoms with van der Waals surface area (Å²) >= 11 is 3.37. The van der Waals surface area contributed by atoms with E-state index >= 15 is 0 Å². The normalized spacial score (nSPS) is 11.8. The van der Waals surface area contributed by atoms with Gasteiger partial charge >= 0.3 is 0 Å². The molecule has 0 spiro atoms. The number of hydrogen-bond acceptors (Lipinski definition) is 5. The van der Waals surface area contributed by atoms with E-state index in [1.807, 2.05) is 25.1 Å². The number of halogens is 1. The molecule has 21 heavy (non-hydrogen) atoms. The molecule has 114 valence electrons. The highest BCUT2D eigenvalue weighted by molar-refractivity contribution is 9.10. The van der Waals surface area contributed by atoms with Crippen molar-refractivity contribution in [1.29, 1.82) is 0 Å². The highest BCUT2D eigenvalue weighted by Crippen LogP contribution is 2.33. The molecule has 0 atom stereocenters. The first kappa shape index (κ1) is 16.0. The number of benzene rings is 1. The molecular weight excluding hydrogens is 334 g/mol. The number of nitrogens with zero attached hydrogens (tertiary/aromatic N) is 2. The maximum atomic E-state index is 5.89. The van der Waals surface area contributed by atoms with E-state index in [1.54, 1.807) is 0 Å². The number of nitrogens with two attached hydrogens (primary N) is 1. The second-order valence-corrected chi connectivity index (χ2v) is 5.65. The van der Waals surface area contributed by atoms with Crippen molar-refractivity contribution in [2.45, 2.75) is 39.2 Å². The Balaban J connectivity index is 2.38. The van der Waals surface area contributed by atoms with Crippen molar-refractivity contribution in [3.8, 4) is 11.5 Å². The van der Waals surface area contributed by atoms with E-state index in [0.29, 0.717) is 24.0 Å². The Bertz CT molecular complexity index is 609. The number of ether oxygens (including phenoxy) is 1. The Morgan fingerprint density at radius 2 is 2.00 bits per heavy atom. The Morgan fingerprint density at radius 3 is 2.57 bits per heavy atom. The van der Waals surface area contributed by atoms with Crippen LogP contribution in [0.1, 0.15) is 39.4 Å². The summed E-state index contributed by atoms with van der Waals surface area (Å²) in [6.45, 7) is 6.70. The van der Waals surface area contributed by atoms with E-state index in [4.69, 9.17) is 15.0 Å². The lowest BCUT2D eigenvalue weighted by Gasteiger charge is -2.27. The molecule has 0 aliphatic carbocycles. The Kier molecular flexibility index (Phi) is 5.00. The van der Waals surface area contributed by atoms with Crippen LogP contribution in [0.3, 0.4) is 0 Å². The lowest BCUT2D eigenvalue weighted by atomic mass is 9.96. The fraction of sp³-hybridized carbons (Fsp3) is 0.467. The van der Waals surface area contributed by atoms with Crippen LogP contribution in [0.2, 0.25) is 0 Å². The van der Waals surface area contributed by atoms with Gasteiger partial charge in [-0.3, -0.25) is 0 Å². The molecule has 1 aromatic heterocycles. The molecule has 6 heteroatoms. The SMILES string of the molecule is CCOC(CC)(CC)c1noc(-c2ccc(Br)c(N)c2)n1. The van der Waals surface area contributed by atoms with Gasteiger partial charge in [-0.05, 0) is 53.9 Å². The highest BCUT2D eigenvalue weighted by atomic mass is 79.9. The summed E-state index contributed by atoms with van der Waals surface area (Å²) < 4.78 is 12.1. The standard InChI is InChI=1S/C15H20BrN3O2/c1-4-15(5-2,20-6-3)14-18-13(21-19-14)10-7-8-11(16)12(17)9-10/h7-9H,4-6,17H2,1-3H3. The third-order valence-electron chi connectivity index (χ3n) is 3.64. The second kappa shape index (κ2) is 6.58. The van der Waals surface area contributed by atoms with E-state index in [2.05, 4.69) is 39.9 Å². The number of anilines is 1. The third kappa shape index (κ3) is 3.11. The molecule has 2 rings (SSSR count). The first-order valence-electron chi connectivity index (χ1n) is 7.09.